The molecule has 0 unspecified atom stereocenters. The van der Waals surface area contributed by atoms with E-state index in [1.807, 2.05) is 6.92 Å². The predicted octanol–water partition coefficient (Wildman–Crippen LogP) is 9.24. The molecule has 0 fully saturated rings. The van der Waals surface area contributed by atoms with Crippen LogP contribution in [0.1, 0.15) is 94.1 Å². The van der Waals surface area contributed by atoms with Crippen molar-refractivity contribution in [2.24, 2.45) is 11.8 Å². The number of allylic oxidation sites excluding steroid dienone is 2. The van der Waals surface area contributed by atoms with Gasteiger partial charge >= 0.3 is 6.18 Å². The average molecular weight is 575 g/mol. The van der Waals surface area contributed by atoms with Crippen LogP contribution in [0.3, 0.4) is 0 Å². The molecule has 4 rings (SSSR count). The lowest BCUT2D eigenvalue weighted by atomic mass is 9.56. The van der Waals surface area contributed by atoms with Gasteiger partial charge in [0.15, 0.2) is 0 Å². The Labute approximate surface area is 238 Å². The first-order valence-electron chi connectivity index (χ1n) is 14.5. The van der Waals surface area contributed by atoms with E-state index >= 15 is 0 Å². The maximum atomic E-state index is 13.0. The Hall–Kier alpha value is -2.35. The fourth-order valence-electron chi connectivity index (χ4n) is 6.50. The Morgan fingerprint density at radius 1 is 1.12 bits per heavy atom. The summed E-state index contributed by atoms with van der Waals surface area (Å²) in [5.41, 5.74) is 3.88. The first-order valence-corrected chi connectivity index (χ1v) is 17.4. The van der Waals surface area contributed by atoms with Gasteiger partial charge in [0.05, 0.1) is 22.7 Å². The molecule has 0 saturated carbocycles. The number of hydrogen-bond acceptors (Lipinski definition) is 4. The van der Waals surface area contributed by atoms with Crippen LogP contribution in [0.4, 0.5) is 13.2 Å². The minimum Gasteiger partial charge on any atom is -0.547 e. The van der Waals surface area contributed by atoms with Gasteiger partial charge in [-0.3, -0.25) is 9.97 Å². The van der Waals surface area contributed by atoms with E-state index in [9.17, 15) is 13.2 Å². The van der Waals surface area contributed by atoms with E-state index < -0.39 is 20.1 Å². The van der Waals surface area contributed by atoms with E-state index in [0.29, 0.717) is 17.4 Å². The van der Waals surface area contributed by atoms with Crippen molar-refractivity contribution in [1.82, 2.24) is 9.97 Å². The number of aromatic nitrogens is 2. The second kappa shape index (κ2) is 10.8. The summed E-state index contributed by atoms with van der Waals surface area (Å²) in [6.07, 6.45) is 3.92. The summed E-state index contributed by atoms with van der Waals surface area (Å²) < 4.78 is 52.3. The number of pyridine rings is 2. The van der Waals surface area contributed by atoms with Crippen LogP contribution in [-0.2, 0) is 29.0 Å². The zero-order valence-corrected chi connectivity index (χ0v) is 26.6. The molecule has 2 aliphatic carbocycles. The van der Waals surface area contributed by atoms with Gasteiger partial charge < -0.3 is 9.16 Å². The van der Waals surface area contributed by atoms with Gasteiger partial charge in [0.1, 0.15) is 12.4 Å². The molecule has 0 amide bonds. The summed E-state index contributed by atoms with van der Waals surface area (Å²) in [6, 6.07) is 2.43. The van der Waals surface area contributed by atoms with Crippen LogP contribution < -0.4 is 4.74 Å². The van der Waals surface area contributed by atoms with Crippen molar-refractivity contribution in [3.63, 3.8) is 0 Å². The van der Waals surface area contributed by atoms with Crippen LogP contribution in [0.5, 0.6) is 5.75 Å². The van der Waals surface area contributed by atoms with Gasteiger partial charge in [-0.2, -0.15) is 13.2 Å². The third-order valence-corrected chi connectivity index (χ3v) is 14.0. The molecule has 0 spiro atoms. The molecule has 2 atom stereocenters. The molecular formula is C32H45F3N2O2Si. The molecule has 0 bridgehead atoms. The van der Waals surface area contributed by atoms with Crippen LogP contribution >= 0.6 is 0 Å². The van der Waals surface area contributed by atoms with Crippen LogP contribution in [-0.4, -0.2) is 18.3 Å². The van der Waals surface area contributed by atoms with Crippen molar-refractivity contribution >= 4 is 8.32 Å². The minimum absolute atomic E-state index is 0.0814. The number of hydrogen-bond donors (Lipinski definition) is 0. The highest BCUT2D eigenvalue weighted by atomic mass is 28.4. The van der Waals surface area contributed by atoms with Gasteiger partial charge in [-0.05, 0) is 99.3 Å². The summed E-state index contributed by atoms with van der Waals surface area (Å²) in [5, 5.41) is 0.110. The Balaban J connectivity index is 1.72. The van der Waals surface area contributed by atoms with Crippen molar-refractivity contribution in [2.75, 3.05) is 0 Å². The lowest BCUT2D eigenvalue weighted by Gasteiger charge is -2.50. The van der Waals surface area contributed by atoms with Crippen LogP contribution in [0, 0.1) is 25.7 Å². The number of nitrogens with zero attached hydrogens (tertiary/aromatic N) is 2. The van der Waals surface area contributed by atoms with Crippen molar-refractivity contribution in [1.29, 1.82) is 0 Å². The topological polar surface area (TPSA) is 44.2 Å². The number of aryl methyl sites for hydroxylation is 2. The maximum absolute atomic E-state index is 13.0. The predicted molar refractivity (Wildman–Crippen MR) is 156 cm³/mol. The van der Waals surface area contributed by atoms with Gasteiger partial charge in [-0.1, -0.05) is 34.6 Å². The monoisotopic (exact) mass is 574 g/mol. The van der Waals surface area contributed by atoms with E-state index in [1.54, 1.807) is 0 Å². The molecule has 0 aromatic carbocycles. The second-order valence-corrected chi connectivity index (χ2v) is 18.2. The average Bonchev–Trinajstić information content (AvgIpc) is 3.30. The maximum Gasteiger partial charge on any atom is 0.417 e. The minimum atomic E-state index is -4.41. The molecule has 220 valence electrons. The van der Waals surface area contributed by atoms with Crippen LogP contribution in [0.25, 0.3) is 0 Å². The van der Waals surface area contributed by atoms with E-state index in [0.717, 1.165) is 67.1 Å². The van der Waals surface area contributed by atoms with Crippen molar-refractivity contribution < 1.29 is 22.3 Å². The summed E-state index contributed by atoms with van der Waals surface area (Å²) in [7, 11) is -2.02. The summed E-state index contributed by atoms with van der Waals surface area (Å²) in [6.45, 7) is 20.3. The number of alkyl halides is 3. The van der Waals surface area contributed by atoms with Gasteiger partial charge in [-0.15, -0.1) is 0 Å². The lowest BCUT2D eigenvalue weighted by molar-refractivity contribution is -0.137. The van der Waals surface area contributed by atoms with E-state index in [4.69, 9.17) is 14.1 Å². The fraction of sp³-hybridized carbons (Fsp3) is 0.625. The van der Waals surface area contributed by atoms with Crippen molar-refractivity contribution in [3.8, 4) is 5.75 Å². The summed E-state index contributed by atoms with van der Waals surface area (Å²) >= 11 is 0. The molecule has 0 saturated heterocycles. The molecular weight excluding hydrogens is 529 g/mol. The van der Waals surface area contributed by atoms with Crippen molar-refractivity contribution in [3.05, 3.63) is 63.9 Å². The molecule has 2 heterocycles. The van der Waals surface area contributed by atoms with E-state index in [2.05, 4.69) is 65.7 Å². The highest BCUT2D eigenvalue weighted by molar-refractivity contribution is 6.74. The first-order chi connectivity index (χ1) is 18.5. The molecule has 2 aromatic rings. The molecule has 0 N–H and O–H groups in total. The Kier molecular flexibility index (Phi) is 8.27. The Morgan fingerprint density at radius 3 is 2.40 bits per heavy atom. The zero-order chi connectivity index (χ0) is 29.7. The van der Waals surface area contributed by atoms with Crippen molar-refractivity contribution in [2.45, 2.75) is 117 Å². The Morgan fingerprint density at radius 2 is 1.82 bits per heavy atom. The molecule has 0 radical (unpaired) electrons. The normalized spacial score (nSPS) is 21.8. The number of halogens is 3. The molecule has 2 aliphatic rings. The highest BCUT2D eigenvalue weighted by Gasteiger charge is 2.52. The third kappa shape index (κ3) is 5.57. The van der Waals surface area contributed by atoms with Crippen LogP contribution in [0.2, 0.25) is 18.1 Å². The largest absolute Gasteiger partial charge is 0.547 e. The zero-order valence-electron chi connectivity index (χ0n) is 25.6. The molecule has 40 heavy (non-hydrogen) atoms. The SMILES string of the molecule is Cc1nc2c(c(C)c1OCc1ccc(C(F)(F)F)cn1)[C@@](C(C)C)([C@@H]1CCC=C1O[Si](C)(C)C(C)(C)C)CCC2. The van der Waals surface area contributed by atoms with Gasteiger partial charge in [-0.25, -0.2) is 0 Å². The molecule has 2 aromatic heterocycles. The standard InChI is InChI=1S/C32H45F3N2O2Si/c1-20(2)31(25-12-10-14-27(25)39-40(8,9)30(5,6)7)17-11-13-26-28(31)21(3)29(22(4)37-26)38-19-24-16-15-23(18-36-24)32(33,34)35/h14-16,18,20,25H,10-13,17,19H2,1-9H3/t25-,31+/m1/s1. The quantitative estimate of drug-likeness (QED) is 0.309. The number of rotatable bonds is 7. The molecule has 4 nitrogen and oxygen atoms in total. The second-order valence-electron chi connectivity index (χ2n) is 13.4. The van der Waals surface area contributed by atoms with E-state index in [1.165, 1.54) is 11.6 Å². The van der Waals surface area contributed by atoms with Gasteiger partial charge in [0.25, 0.3) is 0 Å². The van der Waals surface area contributed by atoms with E-state index in [-0.39, 0.29) is 23.0 Å². The lowest BCUT2D eigenvalue weighted by Crippen LogP contribution is -2.47. The van der Waals surface area contributed by atoms with Gasteiger partial charge in [0.2, 0.25) is 8.32 Å². The first kappa shape index (κ1) is 30.6. The van der Waals surface area contributed by atoms with Crippen LogP contribution in [0.15, 0.2) is 30.2 Å². The number of fused-ring (bicyclic) bond motifs is 1. The smallest absolute Gasteiger partial charge is 0.417 e. The molecule has 0 aliphatic heterocycles. The highest BCUT2D eigenvalue weighted by Crippen LogP contribution is 2.56. The Bertz CT molecular complexity index is 1260. The fourth-order valence-corrected chi connectivity index (χ4v) is 7.62. The molecule has 8 heteroatoms. The summed E-state index contributed by atoms with van der Waals surface area (Å²) in [4.78, 5) is 9.08. The summed E-state index contributed by atoms with van der Waals surface area (Å²) in [5.74, 6) is 2.49. The van der Waals surface area contributed by atoms with Gasteiger partial charge in [0, 0.05) is 23.2 Å². The number of ether oxygens (including phenoxy) is 1. The third-order valence-electron chi connectivity index (χ3n) is 9.60.